The van der Waals surface area contributed by atoms with Gasteiger partial charge in [0.25, 0.3) is 0 Å². The summed E-state index contributed by atoms with van der Waals surface area (Å²) in [5.41, 5.74) is 1.92. The summed E-state index contributed by atoms with van der Waals surface area (Å²) in [4.78, 5) is 11.5. The Morgan fingerprint density at radius 3 is 2.71 bits per heavy atom. The number of carbonyl (C=O) groups excluding carboxylic acids is 1. The van der Waals surface area contributed by atoms with Crippen molar-refractivity contribution in [3.63, 3.8) is 0 Å². The molecule has 0 atom stereocenters. The topological polar surface area (TPSA) is 34.9 Å². The Bertz CT molecular complexity index is 573. The van der Waals surface area contributed by atoms with Gasteiger partial charge in [0.05, 0.1) is 15.5 Å². The van der Waals surface area contributed by atoms with Crippen LogP contribution in [0, 0.1) is 9.39 Å². The molecule has 2 aromatic rings. The van der Waals surface area contributed by atoms with Crippen LogP contribution in [0.5, 0.6) is 0 Å². The van der Waals surface area contributed by atoms with Gasteiger partial charge in [-0.3, -0.25) is 9.48 Å². The second-order valence-electron chi connectivity index (χ2n) is 3.71. The van der Waals surface area contributed by atoms with Crippen molar-refractivity contribution in [3.8, 4) is 11.3 Å². The molecule has 5 heteroatoms. The molecule has 88 valence electrons. The molecule has 0 unspecified atom stereocenters. The van der Waals surface area contributed by atoms with E-state index in [9.17, 15) is 9.18 Å². The normalized spacial score (nSPS) is 10.6. The average Bonchev–Trinajstić information content (AvgIpc) is 2.59. The first-order valence-corrected chi connectivity index (χ1v) is 6.07. The third kappa shape index (κ3) is 2.24. The van der Waals surface area contributed by atoms with Crippen molar-refractivity contribution in [3.05, 3.63) is 39.3 Å². The minimum absolute atomic E-state index is 0.156. The van der Waals surface area contributed by atoms with Gasteiger partial charge in [0, 0.05) is 18.2 Å². The van der Waals surface area contributed by atoms with Crippen molar-refractivity contribution < 1.29 is 9.18 Å². The highest BCUT2D eigenvalue weighted by molar-refractivity contribution is 14.1. The lowest BCUT2D eigenvalue weighted by atomic mass is 10.0. The molecule has 0 aliphatic heterocycles. The van der Waals surface area contributed by atoms with Crippen LogP contribution in [0.1, 0.15) is 17.3 Å². The van der Waals surface area contributed by atoms with Crippen LogP contribution in [0.25, 0.3) is 11.3 Å². The molecule has 0 aliphatic rings. The van der Waals surface area contributed by atoms with Gasteiger partial charge in [-0.1, -0.05) is 0 Å². The Kier molecular flexibility index (Phi) is 3.28. The van der Waals surface area contributed by atoms with Crippen LogP contribution >= 0.6 is 22.6 Å². The van der Waals surface area contributed by atoms with Gasteiger partial charge in [-0.2, -0.15) is 5.10 Å². The van der Waals surface area contributed by atoms with Gasteiger partial charge in [-0.25, -0.2) is 4.39 Å². The van der Waals surface area contributed by atoms with Crippen molar-refractivity contribution in [1.29, 1.82) is 0 Å². The number of carbonyl (C=O) groups is 1. The molecule has 2 rings (SSSR count). The third-order valence-corrected chi connectivity index (χ3v) is 3.30. The number of hydrogen-bond donors (Lipinski definition) is 0. The molecule has 1 aromatic heterocycles. The zero-order chi connectivity index (χ0) is 12.6. The molecule has 3 nitrogen and oxygen atoms in total. The number of Topliss-reactive ketones (excluding diaryl/α,β-unsaturated/α-hetero) is 1. The quantitative estimate of drug-likeness (QED) is 0.620. The van der Waals surface area contributed by atoms with E-state index in [0.29, 0.717) is 11.1 Å². The number of hydrogen-bond acceptors (Lipinski definition) is 2. The molecule has 0 radical (unpaired) electrons. The predicted molar refractivity (Wildman–Crippen MR) is 71.3 cm³/mol. The maximum Gasteiger partial charge on any atom is 0.160 e. The van der Waals surface area contributed by atoms with Gasteiger partial charge in [0.15, 0.2) is 5.78 Å². The molecule has 0 N–H and O–H groups in total. The van der Waals surface area contributed by atoms with Crippen LogP contribution in [0.4, 0.5) is 4.39 Å². The molecule has 0 saturated heterocycles. The Balaban J connectivity index is 2.71. The van der Waals surface area contributed by atoms with Crippen LogP contribution in [0.15, 0.2) is 24.4 Å². The Morgan fingerprint density at radius 1 is 1.47 bits per heavy atom. The minimum Gasteiger partial charge on any atom is -0.294 e. The summed E-state index contributed by atoms with van der Waals surface area (Å²) in [6.07, 6.45) is 1.71. The number of ketones is 1. The first-order chi connectivity index (χ1) is 8.00. The van der Waals surface area contributed by atoms with E-state index in [1.165, 1.54) is 19.1 Å². The van der Waals surface area contributed by atoms with Gasteiger partial charge in [-0.05, 0) is 47.7 Å². The molecule has 0 amide bonds. The van der Waals surface area contributed by atoms with Crippen molar-refractivity contribution in [1.82, 2.24) is 9.78 Å². The monoisotopic (exact) mass is 344 g/mol. The minimum atomic E-state index is -0.406. The van der Waals surface area contributed by atoms with Crippen LogP contribution in [0.2, 0.25) is 0 Å². The van der Waals surface area contributed by atoms with Crippen LogP contribution < -0.4 is 0 Å². The Morgan fingerprint density at radius 2 is 2.18 bits per heavy atom. The molecule has 17 heavy (non-hydrogen) atoms. The van der Waals surface area contributed by atoms with Gasteiger partial charge >= 0.3 is 0 Å². The third-order valence-electron chi connectivity index (χ3n) is 2.51. The van der Waals surface area contributed by atoms with E-state index < -0.39 is 5.82 Å². The molecule has 0 fully saturated rings. The number of aromatic nitrogens is 2. The van der Waals surface area contributed by atoms with Crippen LogP contribution in [-0.2, 0) is 7.05 Å². The van der Waals surface area contributed by atoms with Gasteiger partial charge in [0.1, 0.15) is 5.82 Å². The first-order valence-electron chi connectivity index (χ1n) is 4.99. The summed E-state index contributed by atoms with van der Waals surface area (Å²) in [7, 11) is 1.80. The molecule has 1 heterocycles. The second-order valence-corrected chi connectivity index (χ2v) is 4.87. The molecule has 0 aliphatic carbocycles. The van der Waals surface area contributed by atoms with Crippen molar-refractivity contribution in [2.24, 2.45) is 7.05 Å². The molecule has 0 bridgehead atoms. The van der Waals surface area contributed by atoms with Crippen LogP contribution in [0.3, 0.4) is 0 Å². The van der Waals surface area contributed by atoms with Gasteiger partial charge in [0.2, 0.25) is 0 Å². The van der Waals surface area contributed by atoms with E-state index in [2.05, 4.69) is 27.7 Å². The number of benzene rings is 1. The summed E-state index contributed by atoms with van der Waals surface area (Å²) < 4.78 is 15.8. The summed E-state index contributed by atoms with van der Waals surface area (Å²) in [5, 5.41) is 4.12. The largest absolute Gasteiger partial charge is 0.294 e. The van der Waals surface area contributed by atoms with E-state index in [-0.39, 0.29) is 5.78 Å². The summed E-state index contributed by atoms with van der Waals surface area (Å²) in [5.74, 6) is -0.562. The highest BCUT2D eigenvalue weighted by Crippen LogP contribution is 2.28. The molecule has 0 spiro atoms. The number of nitrogens with zero attached hydrogens (tertiary/aromatic N) is 2. The molecule has 1 aromatic carbocycles. The van der Waals surface area contributed by atoms with E-state index in [4.69, 9.17) is 0 Å². The predicted octanol–water partition coefficient (Wildman–Crippen LogP) is 3.03. The summed E-state index contributed by atoms with van der Waals surface area (Å²) >= 11 is 2.15. The molecular weight excluding hydrogens is 334 g/mol. The Hall–Kier alpha value is -1.24. The van der Waals surface area contributed by atoms with Gasteiger partial charge < -0.3 is 0 Å². The van der Waals surface area contributed by atoms with Crippen LogP contribution in [-0.4, -0.2) is 15.6 Å². The highest BCUT2D eigenvalue weighted by Gasteiger charge is 2.16. The average molecular weight is 344 g/mol. The van der Waals surface area contributed by atoms with Gasteiger partial charge in [-0.15, -0.1) is 0 Å². The maximum atomic E-state index is 13.2. The summed E-state index contributed by atoms with van der Waals surface area (Å²) in [6.45, 7) is 1.43. The second kappa shape index (κ2) is 4.56. The first kappa shape index (κ1) is 12.2. The molecule has 0 saturated carbocycles. The van der Waals surface area contributed by atoms with Crippen molar-refractivity contribution in [2.75, 3.05) is 0 Å². The van der Waals surface area contributed by atoms with E-state index in [1.54, 1.807) is 24.0 Å². The lowest BCUT2D eigenvalue weighted by Crippen LogP contribution is -2.02. The lowest BCUT2D eigenvalue weighted by Gasteiger charge is -2.08. The zero-order valence-corrected chi connectivity index (χ0v) is 11.5. The standard InChI is InChI=1S/C12H10FIN2O/c1-7(17)10-5-8(13)3-4-9(10)12-11(14)6-15-16(12)2/h3-6H,1-2H3. The Labute approximate surface area is 112 Å². The van der Waals surface area contributed by atoms with Crippen molar-refractivity contribution in [2.45, 2.75) is 6.92 Å². The van der Waals surface area contributed by atoms with Crippen molar-refractivity contribution >= 4 is 28.4 Å². The zero-order valence-electron chi connectivity index (χ0n) is 9.37. The smallest absolute Gasteiger partial charge is 0.160 e. The lowest BCUT2D eigenvalue weighted by molar-refractivity contribution is 0.101. The maximum absolute atomic E-state index is 13.2. The van der Waals surface area contributed by atoms with E-state index in [1.807, 2.05) is 0 Å². The number of halogens is 2. The molecular formula is C12H10FIN2O. The van der Waals surface area contributed by atoms with E-state index >= 15 is 0 Å². The number of aryl methyl sites for hydroxylation is 1. The van der Waals surface area contributed by atoms with E-state index in [0.717, 1.165) is 9.26 Å². The fourth-order valence-electron chi connectivity index (χ4n) is 1.73. The summed E-state index contributed by atoms with van der Waals surface area (Å²) in [6, 6.07) is 4.23. The fraction of sp³-hybridized carbons (Fsp3) is 0.167. The fourth-order valence-corrected chi connectivity index (χ4v) is 2.49. The highest BCUT2D eigenvalue weighted by atomic mass is 127. The number of rotatable bonds is 2. The SMILES string of the molecule is CC(=O)c1cc(F)ccc1-c1c(I)cnn1C.